The first-order valence-electron chi connectivity index (χ1n) is 8.03. The van der Waals surface area contributed by atoms with Crippen molar-refractivity contribution in [3.8, 4) is 0 Å². The van der Waals surface area contributed by atoms with E-state index in [0.29, 0.717) is 5.95 Å². The molecule has 0 saturated carbocycles. The van der Waals surface area contributed by atoms with Gasteiger partial charge in [0, 0.05) is 23.1 Å². The predicted molar refractivity (Wildman–Crippen MR) is 100 cm³/mol. The van der Waals surface area contributed by atoms with Crippen LogP contribution in [-0.2, 0) is 0 Å². The Morgan fingerprint density at radius 2 is 1.42 bits per heavy atom. The lowest BCUT2D eigenvalue weighted by atomic mass is 10.1. The van der Waals surface area contributed by atoms with Crippen molar-refractivity contribution in [2.75, 3.05) is 10.6 Å². The highest BCUT2D eigenvalue weighted by Gasteiger charge is 2.05. The lowest BCUT2D eigenvalue weighted by Crippen LogP contribution is -2.03. The maximum Gasteiger partial charge on any atom is 0.229 e. The molecule has 0 aliphatic rings. The second kappa shape index (κ2) is 6.71. The second-order valence-corrected chi connectivity index (χ2v) is 6.15. The van der Waals surface area contributed by atoms with Crippen molar-refractivity contribution in [2.24, 2.45) is 0 Å². The molecule has 122 valence electrons. The molecule has 1 aromatic heterocycles. The SMILES string of the molecule is Cc1ccc(Nc2nc(C)cc(Nc3cc(C)ccc3C)n2)cc1. The van der Waals surface area contributed by atoms with Gasteiger partial charge in [-0.15, -0.1) is 0 Å². The summed E-state index contributed by atoms with van der Waals surface area (Å²) in [4.78, 5) is 9.05. The van der Waals surface area contributed by atoms with Gasteiger partial charge in [-0.2, -0.15) is 4.98 Å². The topological polar surface area (TPSA) is 49.8 Å². The number of anilines is 4. The van der Waals surface area contributed by atoms with E-state index < -0.39 is 0 Å². The summed E-state index contributed by atoms with van der Waals surface area (Å²) in [6, 6.07) is 16.5. The number of hydrogen-bond donors (Lipinski definition) is 2. The van der Waals surface area contributed by atoms with Gasteiger partial charge in [0.15, 0.2) is 0 Å². The van der Waals surface area contributed by atoms with E-state index in [0.717, 1.165) is 22.9 Å². The normalized spacial score (nSPS) is 10.5. The molecule has 2 N–H and O–H groups in total. The van der Waals surface area contributed by atoms with Crippen molar-refractivity contribution < 1.29 is 0 Å². The van der Waals surface area contributed by atoms with Crippen LogP contribution < -0.4 is 10.6 Å². The predicted octanol–water partition coefficient (Wildman–Crippen LogP) is 5.20. The molecule has 4 nitrogen and oxygen atoms in total. The van der Waals surface area contributed by atoms with Crippen molar-refractivity contribution in [3.63, 3.8) is 0 Å². The van der Waals surface area contributed by atoms with Crippen molar-refractivity contribution >= 4 is 23.1 Å². The summed E-state index contributed by atoms with van der Waals surface area (Å²) in [5.41, 5.74) is 6.57. The van der Waals surface area contributed by atoms with E-state index in [1.54, 1.807) is 0 Å². The summed E-state index contributed by atoms with van der Waals surface area (Å²) in [5, 5.41) is 6.66. The molecule has 0 unspecified atom stereocenters. The van der Waals surface area contributed by atoms with E-state index in [2.05, 4.69) is 71.7 Å². The standard InChI is InChI=1S/C20H22N4/c1-13-6-9-17(10-7-13)22-20-21-16(4)12-19(24-20)23-18-11-14(2)5-8-15(18)3/h5-12H,1-4H3,(H2,21,22,23,24). The van der Waals surface area contributed by atoms with Crippen LogP contribution in [0.2, 0.25) is 0 Å². The van der Waals surface area contributed by atoms with Gasteiger partial charge in [-0.05, 0) is 57.0 Å². The van der Waals surface area contributed by atoms with Gasteiger partial charge in [0.25, 0.3) is 0 Å². The lowest BCUT2D eigenvalue weighted by Gasteiger charge is -2.12. The van der Waals surface area contributed by atoms with E-state index in [1.807, 2.05) is 25.1 Å². The van der Waals surface area contributed by atoms with E-state index in [1.165, 1.54) is 16.7 Å². The van der Waals surface area contributed by atoms with E-state index in [9.17, 15) is 0 Å². The molecule has 2 aromatic carbocycles. The van der Waals surface area contributed by atoms with Crippen molar-refractivity contribution in [3.05, 3.63) is 70.9 Å². The third-order valence-electron chi connectivity index (χ3n) is 3.82. The summed E-state index contributed by atoms with van der Waals surface area (Å²) in [5.74, 6) is 1.37. The molecule has 0 fully saturated rings. The fourth-order valence-electron chi connectivity index (χ4n) is 2.46. The maximum atomic E-state index is 4.58. The fourth-order valence-corrected chi connectivity index (χ4v) is 2.46. The van der Waals surface area contributed by atoms with Gasteiger partial charge >= 0.3 is 0 Å². The minimum Gasteiger partial charge on any atom is -0.340 e. The van der Waals surface area contributed by atoms with E-state index in [-0.39, 0.29) is 0 Å². The molecule has 0 saturated heterocycles. The molecule has 4 heteroatoms. The van der Waals surface area contributed by atoms with Gasteiger partial charge < -0.3 is 10.6 Å². The highest BCUT2D eigenvalue weighted by atomic mass is 15.1. The average Bonchev–Trinajstić information content (AvgIpc) is 2.53. The molecule has 0 radical (unpaired) electrons. The maximum absolute atomic E-state index is 4.58. The monoisotopic (exact) mass is 318 g/mol. The van der Waals surface area contributed by atoms with Gasteiger partial charge in [-0.3, -0.25) is 0 Å². The van der Waals surface area contributed by atoms with Crippen LogP contribution in [0.25, 0.3) is 0 Å². The largest absolute Gasteiger partial charge is 0.340 e. The molecule has 0 aliphatic heterocycles. The molecule has 0 aliphatic carbocycles. The Hall–Kier alpha value is -2.88. The number of nitrogens with zero attached hydrogens (tertiary/aromatic N) is 2. The van der Waals surface area contributed by atoms with E-state index in [4.69, 9.17) is 0 Å². The molecule has 3 rings (SSSR count). The Bertz CT molecular complexity index is 854. The molecule has 0 amide bonds. The van der Waals surface area contributed by atoms with Gasteiger partial charge in [-0.1, -0.05) is 29.8 Å². The van der Waals surface area contributed by atoms with Gasteiger partial charge in [0.2, 0.25) is 5.95 Å². The number of nitrogens with one attached hydrogen (secondary N) is 2. The molecule has 3 aromatic rings. The first-order valence-corrected chi connectivity index (χ1v) is 8.03. The first kappa shape index (κ1) is 16.0. The summed E-state index contributed by atoms with van der Waals surface area (Å²) in [6.07, 6.45) is 0. The molecule has 0 spiro atoms. The van der Waals surface area contributed by atoms with Crippen LogP contribution in [0.1, 0.15) is 22.4 Å². The summed E-state index contributed by atoms with van der Waals surface area (Å²) in [7, 11) is 0. The first-order chi connectivity index (χ1) is 11.5. The molecular formula is C20H22N4. The zero-order chi connectivity index (χ0) is 17.1. The Morgan fingerprint density at radius 3 is 2.17 bits per heavy atom. The summed E-state index contributed by atoms with van der Waals surface area (Å²) >= 11 is 0. The Balaban J connectivity index is 1.85. The van der Waals surface area contributed by atoms with E-state index >= 15 is 0 Å². The molecule has 0 atom stereocenters. The Morgan fingerprint density at radius 1 is 0.708 bits per heavy atom. The number of hydrogen-bond acceptors (Lipinski definition) is 4. The van der Waals surface area contributed by atoms with Gasteiger partial charge in [0.1, 0.15) is 5.82 Å². The zero-order valence-corrected chi connectivity index (χ0v) is 14.5. The molecular weight excluding hydrogens is 296 g/mol. The highest BCUT2D eigenvalue weighted by Crippen LogP contribution is 2.22. The van der Waals surface area contributed by atoms with Crippen molar-refractivity contribution in [1.29, 1.82) is 0 Å². The van der Waals surface area contributed by atoms with Gasteiger partial charge in [-0.25, -0.2) is 4.98 Å². The van der Waals surface area contributed by atoms with Crippen LogP contribution in [0.3, 0.4) is 0 Å². The minimum atomic E-state index is 0.589. The number of aromatic nitrogens is 2. The van der Waals surface area contributed by atoms with Crippen LogP contribution in [0.15, 0.2) is 48.5 Å². The molecule has 1 heterocycles. The van der Waals surface area contributed by atoms with Gasteiger partial charge in [0.05, 0.1) is 0 Å². The summed E-state index contributed by atoms with van der Waals surface area (Å²) < 4.78 is 0. The number of benzene rings is 2. The third kappa shape index (κ3) is 3.90. The van der Waals surface area contributed by atoms with Crippen LogP contribution in [0, 0.1) is 27.7 Å². The lowest BCUT2D eigenvalue weighted by molar-refractivity contribution is 1.11. The number of rotatable bonds is 4. The number of aryl methyl sites for hydroxylation is 4. The van der Waals surface area contributed by atoms with Crippen LogP contribution >= 0.6 is 0 Å². The molecule has 0 bridgehead atoms. The average molecular weight is 318 g/mol. The Kier molecular flexibility index (Phi) is 4.47. The fraction of sp³-hybridized carbons (Fsp3) is 0.200. The van der Waals surface area contributed by atoms with Crippen LogP contribution in [-0.4, -0.2) is 9.97 Å². The highest BCUT2D eigenvalue weighted by molar-refractivity contribution is 5.63. The smallest absolute Gasteiger partial charge is 0.229 e. The quantitative estimate of drug-likeness (QED) is 0.694. The van der Waals surface area contributed by atoms with Crippen molar-refractivity contribution in [2.45, 2.75) is 27.7 Å². The zero-order valence-electron chi connectivity index (χ0n) is 14.5. The molecule has 24 heavy (non-hydrogen) atoms. The van der Waals surface area contributed by atoms with Crippen molar-refractivity contribution in [1.82, 2.24) is 9.97 Å². The summed E-state index contributed by atoms with van der Waals surface area (Å²) in [6.45, 7) is 8.21. The minimum absolute atomic E-state index is 0.589. The van der Waals surface area contributed by atoms with Crippen LogP contribution in [0.5, 0.6) is 0 Å². The second-order valence-electron chi connectivity index (χ2n) is 6.15. The Labute approximate surface area is 143 Å². The third-order valence-corrected chi connectivity index (χ3v) is 3.82. The van der Waals surface area contributed by atoms with Crippen LogP contribution in [0.4, 0.5) is 23.1 Å².